The second-order valence-corrected chi connectivity index (χ2v) is 7.49. The fourth-order valence-electron chi connectivity index (χ4n) is 2.15. The molecule has 1 amide bonds. The molecule has 0 spiro atoms. The van der Waals surface area contributed by atoms with Crippen LogP contribution in [0.4, 0.5) is 0 Å². The van der Waals surface area contributed by atoms with Gasteiger partial charge in [-0.05, 0) is 43.2 Å². The Balaban J connectivity index is 2.36. The molecule has 2 heterocycles. The minimum atomic E-state index is -3.41. The molecular formula is C16H19N3O3S. The molecule has 0 saturated heterocycles. The molecule has 0 saturated carbocycles. The molecule has 1 atom stereocenters. The molecule has 0 aliphatic carbocycles. The lowest BCUT2D eigenvalue weighted by molar-refractivity contribution is 0.0901. The number of pyridine rings is 2. The molecule has 7 heteroatoms. The van der Waals surface area contributed by atoms with Crippen molar-refractivity contribution in [1.82, 2.24) is 15.3 Å². The number of hydrogen-bond acceptors (Lipinski definition) is 5. The van der Waals surface area contributed by atoms with E-state index in [1.165, 1.54) is 12.3 Å². The summed E-state index contributed by atoms with van der Waals surface area (Å²) in [6.45, 7) is 3.78. The average Bonchev–Trinajstić information content (AvgIpc) is 2.55. The predicted molar refractivity (Wildman–Crippen MR) is 86.7 cm³/mol. The molecule has 0 aliphatic rings. The van der Waals surface area contributed by atoms with Crippen LogP contribution in [0.2, 0.25) is 0 Å². The molecule has 0 aliphatic heterocycles. The first-order valence-corrected chi connectivity index (χ1v) is 9.04. The van der Waals surface area contributed by atoms with E-state index in [0.29, 0.717) is 17.5 Å². The van der Waals surface area contributed by atoms with E-state index in [1.807, 2.05) is 13.8 Å². The van der Waals surface area contributed by atoms with Crippen LogP contribution in [-0.2, 0) is 15.4 Å². The Morgan fingerprint density at radius 2 is 1.87 bits per heavy atom. The first-order chi connectivity index (χ1) is 10.8. The zero-order chi connectivity index (χ0) is 17.1. The van der Waals surface area contributed by atoms with E-state index >= 15 is 0 Å². The number of nitrogens with zero attached hydrogens (tertiary/aromatic N) is 2. The highest BCUT2D eigenvalue weighted by Crippen LogP contribution is 2.26. The summed E-state index contributed by atoms with van der Waals surface area (Å²) in [5.74, 6) is -0.241. The predicted octanol–water partition coefficient (Wildman–Crippen LogP) is 1.94. The van der Waals surface area contributed by atoms with E-state index in [-0.39, 0.29) is 10.9 Å². The molecule has 2 aromatic heterocycles. The number of sulfone groups is 1. The van der Waals surface area contributed by atoms with Crippen LogP contribution >= 0.6 is 0 Å². The lowest BCUT2D eigenvalue weighted by Gasteiger charge is -2.30. The molecular weight excluding hydrogens is 314 g/mol. The van der Waals surface area contributed by atoms with Crippen LogP contribution in [0.5, 0.6) is 0 Å². The van der Waals surface area contributed by atoms with Crippen molar-refractivity contribution >= 4 is 15.7 Å². The number of carbonyl (C=O) groups excluding carboxylic acids is 1. The van der Waals surface area contributed by atoms with Crippen LogP contribution in [-0.4, -0.2) is 30.5 Å². The maximum absolute atomic E-state index is 12.4. The number of nitrogens with one attached hydrogen (secondary N) is 1. The van der Waals surface area contributed by atoms with Gasteiger partial charge in [0.25, 0.3) is 5.91 Å². The molecule has 0 fully saturated rings. The van der Waals surface area contributed by atoms with Crippen molar-refractivity contribution in [3.8, 4) is 0 Å². The highest BCUT2D eigenvalue weighted by molar-refractivity contribution is 7.90. The Labute approximate surface area is 135 Å². The van der Waals surface area contributed by atoms with Crippen molar-refractivity contribution in [2.75, 3.05) is 6.26 Å². The maximum Gasteiger partial charge on any atom is 0.252 e. The Hall–Kier alpha value is -2.28. The molecule has 2 aromatic rings. The van der Waals surface area contributed by atoms with Crippen molar-refractivity contribution in [3.63, 3.8) is 0 Å². The summed E-state index contributed by atoms with van der Waals surface area (Å²) < 4.78 is 23.4. The molecule has 6 nitrogen and oxygen atoms in total. The molecule has 23 heavy (non-hydrogen) atoms. The average molecular weight is 333 g/mol. The van der Waals surface area contributed by atoms with Gasteiger partial charge < -0.3 is 5.32 Å². The van der Waals surface area contributed by atoms with Crippen molar-refractivity contribution in [2.24, 2.45) is 0 Å². The van der Waals surface area contributed by atoms with Crippen LogP contribution in [0, 0.1) is 0 Å². The standard InChI is InChI=1S/C16H19N3O3S/c1-4-16(2,19-15(20)12-5-8-17-9-6-12)13-7-10-18-14(11-13)23(3,21)22/h5-11H,4H2,1-3H3,(H,19,20). The summed E-state index contributed by atoms with van der Waals surface area (Å²) in [6.07, 6.45) is 6.24. The van der Waals surface area contributed by atoms with Gasteiger partial charge in [-0.15, -0.1) is 0 Å². The van der Waals surface area contributed by atoms with Gasteiger partial charge in [-0.1, -0.05) is 6.92 Å². The number of aromatic nitrogens is 2. The first kappa shape index (κ1) is 17.1. The molecule has 0 aromatic carbocycles. The highest BCUT2D eigenvalue weighted by atomic mass is 32.2. The number of hydrogen-bond donors (Lipinski definition) is 1. The molecule has 1 unspecified atom stereocenters. The summed E-state index contributed by atoms with van der Waals surface area (Å²) in [4.78, 5) is 20.2. The van der Waals surface area contributed by atoms with Gasteiger partial charge >= 0.3 is 0 Å². The van der Waals surface area contributed by atoms with Gasteiger partial charge in [0.05, 0.1) is 5.54 Å². The van der Waals surface area contributed by atoms with Crippen molar-refractivity contribution in [1.29, 1.82) is 0 Å². The molecule has 1 N–H and O–H groups in total. The summed E-state index contributed by atoms with van der Waals surface area (Å²) >= 11 is 0. The van der Waals surface area contributed by atoms with E-state index in [4.69, 9.17) is 0 Å². The number of rotatable bonds is 5. The van der Waals surface area contributed by atoms with Crippen LogP contribution in [0.15, 0.2) is 47.9 Å². The zero-order valence-electron chi connectivity index (χ0n) is 13.3. The van der Waals surface area contributed by atoms with Crippen molar-refractivity contribution in [3.05, 3.63) is 54.0 Å². The molecule has 0 bridgehead atoms. The fraction of sp³-hybridized carbons (Fsp3) is 0.312. The summed E-state index contributed by atoms with van der Waals surface area (Å²) in [6, 6.07) is 6.47. The summed E-state index contributed by atoms with van der Waals surface area (Å²) in [5, 5.41) is 2.96. The summed E-state index contributed by atoms with van der Waals surface area (Å²) in [5.41, 5.74) is 0.484. The second kappa shape index (κ2) is 6.45. The molecule has 2 rings (SSSR count). The minimum absolute atomic E-state index is 0.00663. The van der Waals surface area contributed by atoms with Gasteiger partial charge in [-0.3, -0.25) is 9.78 Å². The van der Waals surface area contributed by atoms with Gasteiger partial charge in [0, 0.05) is 30.4 Å². The van der Waals surface area contributed by atoms with Crippen LogP contribution in [0.1, 0.15) is 36.2 Å². The van der Waals surface area contributed by atoms with Gasteiger partial charge in [0.1, 0.15) is 0 Å². The largest absolute Gasteiger partial charge is 0.343 e. The minimum Gasteiger partial charge on any atom is -0.343 e. The maximum atomic E-state index is 12.4. The Morgan fingerprint density at radius 3 is 2.43 bits per heavy atom. The third-order valence-corrected chi connectivity index (χ3v) is 4.77. The SMILES string of the molecule is CCC(C)(NC(=O)c1ccncc1)c1ccnc(S(C)(=O)=O)c1. The van der Waals surface area contributed by atoms with Crippen molar-refractivity contribution < 1.29 is 13.2 Å². The van der Waals surface area contributed by atoms with Gasteiger partial charge in [-0.2, -0.15) is 0 Å². The lowest BCUT2D eigenvalue weighted by Crippen LogP contribution is -2.43. The third kappa shape index (κ3) is 3.92. The van der Waals surface area contributed by atoms with E-state index in [9.17, 15) is 13.2 Å². The lowest BCUT2D eigenvalue weighted by atomic mass is 9.89. The van der Waals surface area contributed by atoms with Crippen LogP contribution < -0.4 is 5.32 Å². The quantitative estimate of drug-likeness (QED) is 0.903. The second-order valence-electron chi connectivity index (χ2n) is 5.53. The molecule has 122 valence electrons. The topological polar surface area (TPSA) is 89.0 Å². The smallest absolute Gasteiger partial charge is 0.252 e. The van der Waals surface area contributed by atoms with Crippen LogP contribution in [0.25, 0.3) is 0 Å². The highest BCUT2D eigenvalue weighted by Gasteiger charge is 2.28. The van der Waals surface area contributed by atoms with Gasteiger partial charge in [-0.25, -0.2) is 13.4 Å². The number of amides is 1. The Morgan fingerprint density at radius 1 is 1.22 bits per heavy atom. The van der Waals surface area contributed by atoms with E-state index < -0.39 is 15.4 Å². The third-order valence-electron chi connectivity index (χ3n) is 3.79. The molecule has 0 radical (unpaired) electrons. The summed E-state index contributed by atoms with van der Waals surface area (Å²) in [7, 11) is -3.41. The van der Waals surface area contributed by atoms with E-state index in [0.717, 1.165) is 6.26 Å². The van der Waals surface area contributed by atoms with E-state index in [1.54, 1.807) is 30.6 Å². The zero-order valence-corrected chi connectivity index (χ0v) is 14.1. The fourth-order valence-corrected chi connectivity index (χ4v) is 2.74. The monoisotopic (exact) mass is 333 g/mol. The number of carbonyl (C=O) groups is 1. The van der Waals surface area contributed by atoms with Crippen molar-refractivity contribution in [2.45, 2.75) is 30.8 Å². The van der Waals surface area contributed by atoms with Gasteiger partial charge in [0.2, 0.25) is 0 Å². The van der Waals surface area contributed by atoms with Crippen LogP contribution in [0.3, 0.4) is 0 Å². The first-order valence-electron chi connectivity index (χ1n) is 7.15. The van der Waals surface area contributed by atoms with E-state index in [2.05, 4.69) is 15.3 Å². The Kier molecular flexibility index (Phi) is 4.79. The Bertz CT molecular complexity index is 806. The van der Waals surface area contributed by atoms with Gasteiger partial charge in [0.15, 0.2) is 14.9 Å². The normalized spacial score (nSPS) is 14.0.